The minimum Gasteiger partial charge on any atom is -0.472 e. The van der Waals surface area contributed by atoms with E-state index < -0.39 is 0 Å². The van der Waals surface area contributed by atoms with E-state index in [4.69, 9.17) is 22.4 Å². The maximum Gasteiger partial charge on any atom is 0.104 e. The summed E-state index contributed by atoms with van der Waals surface area (Å²) >= 11 is 8.49. The van der Waals surface area contributed by atoms with Crippen LogP contribution in [0.4, 0.5) is 5.69 Å². The Morgan fingerprint density at radius 3 is 2.78 bits per heavy atom. The molecule has 2 aromatic rings. The van der Waals surface area contributed by atoms with Crippen molar-refractivity contribution in [3.05, 3.63) is 52.4 Å². The fraction of sp³-hybridized carbons (Fsp3) is 0.154. The topological polar surface area (TPSA) is 42.4 Å². The zero-order valence-electron chi connectivity index (χ0n) is 9.89. The van der Waals surface area contributed by atoms with E-state index in [0.29, 0.717) is 4.99 Å². The second-order valence-corrected chi connectivity index (χ2v) is 5.31. The molecule has 1 aromatic heterocycles. The third-order valence-corrected chi connectivity index (χ3v) is 3.51. The highest BCUT2D eigenvalue weighted by atomic mass is 79.9. The number of halogens is 1. The third-order valence-electron chi connectivity index (χ3n) is 2.64. The van der Waals surface area contributed by atoms with E-state index in [-0.39, 0.29) is 0 Å². The van der Waals surface area contributed by atoms with E-state index in [1.54, 1.807) is 12.5 Å². The molecule has 1 heterocycles. The van der Waals surface area contributed by atoms with Crippen LogP contribution in [0, 0.1) is 0 Å². The first-order chi connectivity index (χ1) is 8.58. The van der Waals surface area contributed by atoms with Crippen molar-refractivity contribution in [3.8, 4) is 0 Å². The third kappa shape index (κ3) is 2.91. The molecule has 0 aliphatic carbocycles. The molecule has 0 atom stereocenters. The molecule has 0 bridgehead atoms. The van der Waals surface area contributed by atoms with Gasteiger partial charge in [0.05, 0.1) is 18.2 Å². The van der Waals surface area contributed by atoms with Crippen LogP contribution in [0.15, 0.2) is 45.7 Å². The van der Waals surface area contributed by atoms with Crippen molar-refractivity contribution in [3.63, 3.8) is 0 Å². The van der Waals surface area contributed by atoms with E-state index in [9.17, 15) is 0 Å². The van der Waals surface area contributed by atoms with Gasteiger partial charge in [-0.2, -0.15) is 0 Å². The Kier molecular flexibility index (Phi) is 4.04. The lowest BCUT2D eigenvalue weighted by molar-refractivity contribution is 0.563. The van der Waals surface area contributed by atoms with E-state index in [1.807, 2.05) is 31.3 Å². The summed E-state index contributed by atoms with van der Waals surface area (Å²) < 4.78 is 6.03. The summed E-state index contributed by atoms with van der Waals surface area (Å²) in [5, 5.41) is 0. The van der Waals surface area contributed by atoms with Crippen LogP contribution in [-0.4, -0.2) is 12.0 Å². The van der Waals surface area contributed by atoms with Crippen molar-refractivity contribution in [2.45, 2.75) is 6.54 Å². The first kappa shape index (κ1) is 13.1. The van der Waals surface area contributed by atoms with Crippen LogP contribution in [0.25, 0.3) is 0 Å². The van der Waals surface area contributed by atoms with Crippen molar-refractivity contribution < 1.29 is 4.42 Å². The summed E-state index contributed by atoms with van der Waals surface area (Å²) in [6.07, 6.45) is 3.42. The second kappa shape index (κ2) is 5.54. The van der Waals surface area contributed by atoms with Crippen molar-refractivity contribution in [2.75, 3.05) is 11.9 Å². The van der Waals surface area contributed by atoms with Gasteiger partial charge in [-0.1, -0.05) is 12.2 Å². The summed E-state index contributed by atoms with van der Waals surface area (Å²) in [6, 6.07) is 7.81. The monoisotopic (exact) mass is 324 g/mol. The highest BCUT2D eigenvalue weighted by Gasteiger charge is 2.08. The zero-order chi connectivity index (χ0) is 13.1. The molecule has 0 saturated heterocycles. The van der Waals surface area contributed by atoms with Crippen LogP contribution >= 0.6 is 28.1 Å². The van der Waals surface area contributed by atoms with E-state index in [0.717, 1.165) is 27.8 Å². The minimum absolute atomic E-state index is 0.403. The Balaban J connectivity index is 2.20. The van der Waals surface area contributed by atoms with Gasteiger partial charge in [-0.15, -0.1) is 0 Å². The molecule has 0 saturated carbocycles. The van der Waals surface area contributed by atoms with Gasteiger partial charge in [0.25, 0.3) is 0 Å². The smallest absolute Gasteiger partial charge is 0.104 e. The Morgan fingerprint density at radius 1 is 1.44 bits per heavy atom. The molecule has 2 N–H and O–H groups in total. The normalized spacial score (nSPS) is 10.3. The van der Waals surface area contributed by atoms with Gasteiger partial charge >= 0.3 is 0 Å². The molecule has 0 unspecified atom stereocenters. The summed E-state index contributed by atoms with van der Waals surface area (Å²) in [7, 11) is 2.02. The molecule has 0 spiro atoms. The van der Waals surface area contributed by atoms with Gasteiger partial charge < -0.3 is 15.1 Å². The van der Waals surface area contributed by atoms with Crippen LogP contribution in [-0.2, 0) is 6.54 Å². The van der Waals surface area contributed by atoms with Gasteiger partial charge in [-0.05, 0) is 40.2 Å². The average molecular weight is 325 g/mol. The van der Waals surface area contributed by atoms with Crippen LogP contribution < -0.4 is 10.6 Å². The number of hydrogen-bond acceptors (Lipinski definition) is 3. The Morgan fingerprint density at radius 2 is 2.22 bits per heavy atom. The van der Waals surface area contributed by atoms with Gasteiger partial charge in [0.2, 0.25) is 0 Å². The minimum atomic E-state index is 0.403. The largest absolute Gasteiger partial charge is 0.472 e. The van der Waals surface area contributed by atoms with Crippen molar-refractivity contribution in [1.29, 1.82) is 0 Å². The van der Waals surface area contributed by atoms with Gasteiger partial charge in [0, 0.05) is 29.2 Å². The maximum atomic E-state index is 5.60. The van der Waals surface area contributed by atoms with Crippen molar-refractivity contribution >= 4 is 38.8 Å². The zero-order valence-corrected chi connectivity index (χ0v) is 12.3. The molecule has 0 radical (unpaired) electrons. The molecular formula is C13H13BrN2OS. The SMILES string of the molecule is CN(Cc1ccoc1)c1ccc(C(N)=S)cc1Br. The fourth-order valence-corrected chi connectivity index (χ4v) is 2.52. The van der Waals surface area contributed by atoms with E-state index in [2.05, 4.69) is 20.8 Å². The van der Waals surface area contributed by atoms with Crippen LogP contribution in [0.2, 0.25) is 0 Å². The molecule has 0 aliphatic rings. The number of thiocarbonyl (C=S) groups is 1. The number of anilines is 1. The predicted octanol–water partition coefficient (Wildman–Crippen LogP) is 3.31. The lowest BCUT2D eigenvalue weighted by Gasteiger charge is -2.20. The summed E-state index contributed by atoms with van der Waals surface area (Å²) in [4.78, 5) is 2.53. The van der Waals surface area contributed by atoms with Gasteiger partial charge in [0.15, 0.2) is 0 Å². The number of benzene rings is 1. The van der Waals surface area contributed by atoms with Crippen molar-refractivity contribution in [2.24, 2.45) is 5.73 Å². The number of hydrogen-bond donors (Lipinski definition) is 1. The summed E-state index contributed by atoms with van der Waals surface area (Å²) in [5.74, 6) is 0. The molecule has 94 valence electrons. The molecule has 0 aliphatic heterocycles. The second-order valence-electron chi connectivity index (χ2n) is 4.02. The molecule has 0 fully saturated rings. The Labute approximate surface area is 120 Å². The number of nitrogens with two attached hydrogens (primary N) is 1. The maximum absolute atomic E-state index is 5.60. The molecule has 3 nitrogen and oxygen atoms in total. The lowest BCUT2D eigenvalue weighted by atomic mass is 10.2. The molecule has 18 heavy (non-hydrogen) atoms. The average Bonchev–Trinajstić information content (AvgIpc) is 2.81. The van der Waals surface area contributed by atoms with Crippen LogP contribution in [0.3, 0.4) is 0 Å². The standard InChI is InChI=1S/C13H13BrN2OS/c1-16(7-9-4-5-17-8-9)12-3-2-10(13(15)18)6-11(12)14/h2-6,8H,7H2,1H3,(H2,15,18). The predicted molar refractivity (Wildman–Crippen MR) is 80.8 cm³/mol. The Hall–Kier alpha value is -1.33. The first-order valence-corrected chi connectivity index (χ1v) is 6.59. The van der Waals surface area contributed by atoms with Crippen LogP contribution in [0.5, 0.6) is 0 Å². The van der Waals surface area contributed by atoms with E-state index in [1.165, 1.54) is 0 Å². The number of nitrogens with zero attached hydrogens (tertiary/aromatic N) is 1. The van der Waals surface area contributed by atoms with Crippen molar-refractivity contribution in [1.82, 2.24) is 0 Å². The Bertz CT molecular complexity index is 554. The molecule has 5 heteroatoms. The molecule has 1 aromatic carbocycles. The highest BCUT2D eigenvalue weighted by Crippen LogP contribution is 2.27. The van der Waals surface area contributed by atoms with Crippen LogP contribution in [0.1, 0.15) is 11.1 Å². The summed E-state index contributed by atoms with van der Waals surface area (Å²) in [6.45, 7) is 0.779. The number of furan rings is 1. The molecule has 2 rings (SSSR count). The number of rotatable bonds is 4. The quantitative estimate of drug-likeness (QED) is 0.876. The van der Waals surface area contributed by atoms with E-state index >= 15 is 0 Å². The lowest BCUT2D eigenvalue weighted by Crippen LogP contribution is -2.17. The first-order valence-electron chi connectivity index (χ1n) is 5.39. The summed E-state index contributed by atoms with van der Waals surface area (Å²) in [5.41, 5.74) is 8.67. The fourth-order valence-electron chi connectivity index (χ4n) is 1.71. The highest BCUT2D eigenvalue weighted by molar-refractivity contribution is 9.10. The van der Waals surface area contributed by atoms with Gasteiger partial charge in [-0.3, -0.25) is 0 Å². The van der Waals surface area contributed by atoms with Gasteiger partial charge in [0.1, 0.15) is 4.99 Å². The van der Waals surface area contributed by atoms with Gasteiger partial charge in [-0.25, -0.2) is 0 Å². The molecular weight excluding hydrogens is 312 g/mol. The molecule has 0 amide bonds.